The Kier molecular flexibility index (Phi) is 7.10. The lowest BCUT2D eigenvalue weighted by Gasteiger charge is -2.33. The van der Waals surface area contributed by atoms with Gasteiger partial charge in [0.1, 0.15) is 11.3 Å². The molecule has 0 unspecified atom stereocenters. The summed E-state index contributed by atoms with van der Waals surface area (Å²) < 4.78 is 13.6. The highest BCUT2D eigenvalue weighted by Crippen LogP contribution is 2.57. The third-order valence-corrected chi connectivity index (χ3v) is 10.4. The molecule has 0 fully saturated rings. The molecule has 5 heteroatoms. The average molecular weight is 706 g/mol. The van der Waals surface area contributed by atoms with E-state index in [9.17, 15) is 0 Å². The fraction of sp³-hybridized carbons (Fsp3) is 0. The summed E-state index contributed by atoms with van der Waals surface area (Å²) in [7, 11) is 0. The minimum Gasteiger partial charge on any atom is -0.454 e. The minimum absolute atomic E-state index is 0.693. The molecule has 0 radical (unpaired) electrons. The summed E-state index contributed by atoms with van der Waals surface area (Å²) in [6.45, 7) is 0. The van der Waals surface area contributed by atoms with Gasteiger partial charge in [0.25, 0.3) is 0 Å². The molecule has 0 saturated carbocycles. The molecule has 5 nitrogen and oxygen atoms in total. The molecule has 258 valence electrons. The van der Waals surface area contributed by atoms with Crippen LogP contribution in [0.4, 0.5) is 17.1 Å². The monoisotopic (exact) mass is 705 g/mol. The summed E-state index contributed by atoms with van der Waals surface area (Å²) >= 11 is 0. The van der Waals surface area contributed by atoms with Gasteiger partial charge in [0.05, 0.1) is 17.1 Å². The number of para-hydroxylation sites is 3. The van der Waals surface area contributed by atoms with Crippen LogP contribution in [0.25, 0.3) is 77.7 Å². The van der Waals surface area contributed by atoms with E-state index < -0.39 is 0 Å². The molecular formula is C50H31N3O2. The first-order chi connectivity index (χ1) is 27.3. The first-order valence-corrected chi connectivity index (χ1v) is 18.4. The number of nitrogens with zero attached hydrogens (tertiary/aromatic N) is 3. The molecular weight excluding hydrogens is 675 g/mol. The average Bonchev–Trinajstić information content (AvgIpc) is 3.66. The van der Waals surface area contributed by atoms with Gasteiger partial charge in [-0.3, -0.25) is 0 Å². The maximum absolute atomic E-state index is 6.80. The molecule has 2 aromatic heterocycles. The number of fused-ring (bicyclic) bond motifs is 9. The second-order valence-electron chi connectivity index (χ2n) is 13.8. The number of rotatable bonds is 5. The maximum Gasteiger partial charge on any atom is 0.163 e. The van der Waals surface area contributed by atoms with Crippen molar-refractivity contribution in [1.29, 1.82) is 0 Å². The molecule has 0 atom stereocenters. The number of ether oxygens (including phenoxy) is 1. The lowest BCUT2D eigenvalue weighted by atomic mass is 9.98. The largest absolute Gasteiger partial charge is 0.454 e. The third-order valence-electron chi connectivity index (χ3n) is 10.4. The summed E-state index contributed by atoms with van der Waals surface area (Å²) in [5.74, 6) is 2.26. The quantitative estimate of drug-likeness (QED) is 0.178. The molecule has 0 aliphatic carbocycles. The van der Waals surface area contributed by atoms with Crippen LogP contribution in [0.3, 0.4) is 0 Å². The van der Waals surface area contributed by atoms with Crippen LogP contribution in [0.5, 0.6) is 11.5 Å². The molecule has 0 bridgehead atoms. The highest BCUT2D eigenvalue weighted by Gasteiger charge is 2.32. The van der Waals surface area contributed by atoms with E-state index in [1.807, 2.05) is 60.7 Å². The lowest BCUT2D eigenvalue weighted by molar-refractivity contribution is 0.482. The van der Waals surface area contributed by atoms with Crippen LogP contribution in [0.15, 0.2) is 192 Å². The Balaban J connectivity index is 1.08. The van der Waals surface area contributed by atoms with Crippen LogP contribution in [-0.2, 0) is 0 Å². The smallest absolute Gasteiger partial charge is 0.163 e. The normalized spacial score (nSPS) is 12.1. The van der Waals surface area contributed by atoms with Crippen LogP contribution in [0.1, 0.15) is 0 Å². The van der Waals surface area contributed by atoms with Crippen LogP contribution in [0, 0.1) is 0 Å². The van der Waals surface area contributed by atoms with Gasteiger partial charge in [-0.1, -0.05) is 146 Å². The van der Waals surface area contributed by atoms with Crippen molar-refractivity contribution in [3.63, 3.8) is 0 Å². The van der Waals surface area contributed by atoms with Gasteiger partial charge in [-0.25, -0.2) is 9.97 Å². The van der Waals surface area contributed by atoms with Gasteiger partial charge >= 0.3 is 0 Å². The fourth-order valence-corrected chi connectivity index (χ4v) is 7.89. The Bertz CT molecular complexity index is 3020. The second kappa shape index (κ2) is 12.6. The van der Waals surface area contributed by atoms with Gasteiger partial charge in [0.2, 0.25) is 0 Å². The van der Waals surface area contributed by atoms with Gasteiger partial charge in [0.15, 0.2) is 22.9 Å². The summed E-state index contributed by atoms with van der Waals surface area (Å²) in [5.41, 5.74) is 11.4. The van der Waals surface area contributed by atoms with E-state index in [4.69, 9.17) is 19.1 Å². The van der Waals surface area contributed by atoms with E-state index in [0.29, 0.717) is 5.82 Å². The van der Waals surface area contributed by atoms with E-state index in [1.165, 1.54) is 0 Å². The molecule has 8 aromatic carbocycles. The Morgan fingerprint density at radius 1 is 0.436 bits per heavy atom. The van der Waals surface area contributed by atoms with Crippen molar-refractivity contribution in [2.24, 2.45) is 0 Å². The number of benzene rings is 8. The van der Waals surface area contributed by atoms with Gasteiger partial charge in [-0.15, -0.1) is 0 Å². The van der Waals surface area contributed by atoms with Gasteiger partial charge < -0.3 is 14.1 Å². The molecule has 10 aromatic rings. The molecule has 0 saturated heterocycles. The van der Waals surface area contributed by atoms with Crippen molar-refractivity contribution in [3.8, 4) is 56.5 Å². The Morgan fingerprint density at radius 3 is 1.85 bits per heavy atom. The Labute approximate surface area is 317 Å². The van der Waals surface area contributed by atoms with E-state index in [0.717, 1.165) is 100 Å². The van der Waals surface area contributed by atoms with Crippen LogP contribution in [-0.4, -0.2) is 9.97 Å². The lowest BCUT2D eigenvalue weighted by Crippen LogP contribution is -2.16. The first-order valence-electron chi connectivity index (χ1n) is 18.4. The predicted molar refractivity (Wildman–Crippen MR) is 223 cm³/mol. The highest BCUT2D eigenvalue weighted by atomic mass is 16.5. The molecule has 55 heavy (non-hydrogen) atoms. The summed E-state index contributed by atoms with van der Waals surface area (Å²) in [6, 6.07) is 64.8. The summed E-state index contributed by atoms with van der Waals surface area (Å²) in [5, 5.41) is 4.30. The van der Waals surface area contributed by atoms with Crippen LogP contribution >= 0.6 is 0 Å². The van der Waals surface area contributed by atoms with Crippen molar-refractivity contribution < 1.29 is 9.15 Å². The fourth-order valence-electron chi connectivity index (χ4n) is 7.89. The topological polar surface area (TPSA) is 51.4 Å². The summed E-state index contributed by atoms with van der Waals surface area (Å²) in [6.07, 6.45) is 0. The third kappa shape index (κ3) is 5.17. The summed E-state index contributed by atoms with van der Waals surface area (Å²) in [4.78, 5) is 12.4. The molecule has 0 spiro atoms. The van der Waals surface area contributed by atoms with Gasteiger partial charge in [-0.05, 0) is 59.0 Å². The minimum atomic E-state index is 0.693. The number of aromatic nitrogens is 2. The number of furan rings is 1. The number of hydrogen-bond donors (Lipinski definition) is 0. The maximum atomic E-state index is 6.80. The van der Waals surface area contributed by atoms with Crippen molar-refractivity contribution >= 4 is 49.8 Å². The van der Waals surface area contributed by atoms with Crippen molar-refractivity contribution in [1.82, 2.24) is 9.97 Å². The van der Waals surface area contributed by atoms with E-state index in [2.05, 4.69) is 132 Å². The zero-order chi connectivity index (χ0) is 36.3. The van der Waals surface area contributed by atoms with Crippen LogP contribution in [0.2, 0.25) is 0 Å². The van der Waals surface area contributed by atoms with Gasteiger partial charge in [0, 0.05) is 38.5 Å². The second-order valence-corrected chi connectivity index (χ2v) is 13.8. The zero-order valence-corrected chi connectivity index (χ0v) is 29.6. The molecule has 0 amide bonds. The molecule has 11 rings (SSSR count). The van der Waals surface area contributed by atoms with E-state index in [-0.39, 0.29) is 0 Å². The number of anilines is 3. The predicted octanol–water partition coefficient (Wildman–Crippen LogP) is 13.8. The SMILES string of the molecule is c1ccc(-c2cc(-c3cccc(-c4cccc(N5c6ccccc6Oc6c5c5oc7ccccc7c5c5ccccc65)c4)c3)nc(-c3ccccc3)n2)cc1. The molecule has 0 N–H and O–H groups in total. The Hall–Kier alpha value is -7.50. The van der Waals surface area contributed by atoms with E-state index >= 15 is 0 Å². The Morgan fingerprint density at radius 2 is 1.04 bits per heavy atom. The van der Waals surface area contributed by atoms with E-state index in [1.54, 1.807) is 0 Å². The molecule has 1 aliphatic heterocycles. The van der Waals surface area contributed by atoms with Crippen molar-refractivity contribution in [3.05, 3.63) is 188 Å². The van der Waals surface area contributed by atoms with Crippen molar-refractivity contribution in [2.45, 2.75) is 0 Å². The van der Waals surface area contributed by atoms with Crippen molar-refractivity contribution in [2.75, 3.05) is 4.90 Å². The zero-order valence-electron chi connectivity index (χ0n) is 29.6. The van der Waals surface area contributed by atoms with Gasteiger partial charge in [-0.2, -0.15) is 0 Å². The standard InChI is InChI=1S/C50H31N3O2/c1-3-15-32(16-4-1)41-31-42(52-50(51-41)33-17-5-2-6-18-33)36-21-13-19-34(29-36)35-20-14-22-37(30-35)53-43-26-10-12-28-45(43)55-48-39-24-8-7-23-38(39)46-40-25-9-11-27-44(40)54-49(46)47(48)53/h1-31H. The number of hydrogen-bond acceptors (Lipinski definition) is 5. The first kappa shape index (κ1) is 31.1. The molecule has 3 heterocycles. The molecule has 1 aliphatic rings. The van der Waals surface area contributed by atoms with Crippen LogP contribution < -0.4 is 9.64 Å². The highest BCUT2D eigenvalue weighted by molar-refractivity contribution is 6.26.